The Labute approximate surface area is 105 Å². The molecule has 0 aliphatic heterocycles. The van der Waals surface area contributed by atoms with Gasteiger partial charge in [0, 0.05) is 16.0 Å². The summed E-state index contributed by atoms with van der Waals surface area (Å²) in [5.41, 5.74) is 0.709. The fourth-order valence-electron chi connectivity index (χ4n) is 1.65. The molecule has 2 nitrogen and oxygen atoms in total. The molecule has 0 bridgehead atoms. The Kier molecular flexibility index (Phi) is 5.00. The molecule has 0 radical (unpaired) electrons. The van der Waals surface area contributed by atoms with Gasteiger partial charge in [-0.1, -0.05) is 36.2 Å². The van der Waals surface area contributed by atoms with Gasteiger partial charge in [-0.3, -0.25) is 4.79 Å². The topological polar surface area (TPSA) is 26.3 Å². The fourth-order valence-corrected chi connectivity index (χ4v) is 2.09. The Balaban J connectivity index is 2.97. The predicted octanol–water partition coefficient (Wildman–Crippen LogP) is 4.08. The second-order valence-electron chi connectivity index (χ2n) is 3.90. The van der Waals surface area contributed by atoms with Crippen LogP contribution in [0, 0.1) is 5.92 Å². The van der Waals surface area contributed by atoms with Crippen LogP contribution in [0.4, 0.5) is 0 Å². The lowest BCUT2D eigenvalue weighted by Crippen LogP contribution is -2.11. The summed E-state index contributed by atoms with van der Waals surface area (Å²) in [7, 11) is 1.60. The molecule has 0 amide bonds. The van der Waals surface area contributed by atoms with Gasteiger partial charge in [-0.2, -0.15) is 0 Å². The quantitative estimate of drug-likeness (QED) is 0.762. The van der Waals surface area contributed by atoms with E-state index in [-0.39, 0.29) is 11.7 Å². The number of halogens is 1. The molecule has 1 rings (SSSR count). The summed E-state index contributed by atoms with van der Waals surface area (Å²) in [5.74, 6) is 0.955. The average molecular weight is 285 g/mol. The molecule has 0 N–H and O–H groups in total. The van der Waals surface area contributed by atoms with Gasteiger partial charge in [-0.05, 0) is 24.6 Å². The third kappa shape index (κ3) is 3.08. The minimum absolute atomic E-state index is 0.0633. The Morgan fingerprint density at radius 2 is 2.19 bits per heavy atom. The van der Waals surface area contributed by atoms with Gasteiger partial charge in [0.2, 0.25) is 0 Å². The van der Waals surface area contributed by atoms with Crippen molar-refractivity contribution in [1.29, 1.82) is 0 Å². The minimum Gasteiger partial charge on any atom is -0.497 e. The van der Waals surface area contributed by atoms with Gasteiger partial charge in [0.15, 0.2) is 5.78 Å². The van der Waals surface area contributed by atoms with Crippen molar-refractivity contribution in [2.24, 2.45) is 5.92 Å². The van der Waals surface area contributed by atoms with Crippen LogP contribution in [0.15, 0.2) is 22.7 Å². The molecule has 0 aromatic heterocycles. The van der Waals surface area contributed by atoms with Crippen molar-refractivity contribution in [2.45, 2.75) is 26.7 Å². The third-order valence-corrected chi connectivity index (χ3v) is 3.30. The Morgan fingerprint density at radius 3 is 2.75 bits per heavy atom. The first-order valence-electron chi connectivity index (χ1n) is 5.47. The van der Waals surface area contributed by atoms with Crippen molar-refractivity contribution in [1.82, 2.24) is 0 Å². The van der Waals surface area contributed by atoms with E-state index in [4.69, 9.17) is 4.74 Å². The van der Waals surface area contributed by atoms with Crippen LogP contribution in [0.5, 0.6) is 5.75 Å². The standard InChI is InChI=1S/C13H17BrO2/c1-4-5-9(2)13(15)11-8-10(16-3)6-7-12(11)14/h6-9H,4-5H2,1-3H3. The van der Waals surface area contributed by atoms with Crippen molar-refractivity contribution in [3.05, 3.63) is 28.2 Å². The largest absolute Gasteiger partial charge is 0.497 e. The van der Waals surface area contributed by atoms with Gasteiger partial charge < -0.3 is 4.74 Å². The summed E-state index contributed by atoms with van der Waals surface area (Å²) < 4.78 is 5.96. The average Bonchev–Trinajstić information content (AvgIpc) is 2.29. The number of rotatable bonds is 5. The Bertz CT molecular complexity index is 374. The normalized spacial score (nSPS) is 12.2. The summed E-state index contributed by atoms with van der Waals surface area (Å²) >= 11 is 3.40. The van der Waals surface area contributed by atoms with E-state index in [1.54, 1.807) is 13.2 Å². The molecule has 0 saturated heterocycles. The Morgan fingerprint density at radius 1 is 1.50 bits per heavy atom. The van der Waals surface area contributed by atoms with Gasteiger partial charge in [-0.15, -0.1) is 0 Å². The molecule has 16 heavy (non-hydrogen) atoms. The van der Waals surface area contributed by atoms with Crippen molar-refractivity contribution in [2.75, 3.05) is 7.11 Å². The fraction of sp³-hybridized carbons (Fsp3) is 0.462. The van der Waals surface area contributed by atoms with E-state index in [0.717, 1.165) is 23.1 Å². The summed E-state index contributed by atoms with van der Waals surface area (Å²) in [6.07, 6.45) is 1.94. The monoisotopic (exact) mass is 284 g/mol. The van der Waals surface area contributed by atoms with Gasteiger partial charge in [0.05, 0.1) is 7.11 Å². The number of carbonyl (C=O) groups is 1. The Hall–Kier alpha value is -0.830. The molecule has 0 aliphatic rings. The maximum absolute atomic E-state index is 12.1. The van der Waals surface area contributed by atoms with Crippen molar-refractivity contribution in [3.63, 3.8) is 0 Å². The third-order valence-electron chi connectivity index (χ3n) is 2.61. The highest BCUT2D eigenvalue weighted by molar-refractivity contribution is 9.10. The number of ketones is 1. The van der Waals surface area contributed by atoms with E-state index in [0.29, 0.717) is 5.56 Å². The lowest BCUT2D eigenvalue weighted by Gasteiger charge is -2.11. The maximum Gasteiger partial charge on any atom is 0.166 e. The van der Waals surface area contributed by atoms with Gasteiger partial charge >= 0.3 is 0 Å². The molecule has 0 spiro atoms. The van der Waals surface area contributed by atoms with Crippen LogP contribution >= 0.6 is 15.9 Å². The molecule has 0 fully saturated rings. The minimum atomic E-state index is 0.0633. The van der Waals surface area contributed by atoms with Crippen LogP contribution in [0.25, 0.3) is 0 Å². The second-order valence-corrected chi connectivity index (χ2v) is 4.75. The summed E-state index contributed by atoms with van der Waals surface area (Å²) in [6, 6.07) is 5.48. The highest BCUT2D eigenvalue weighted by Gasteiger charge is 2.17. The molecule has 0 heterocycles. The lowest BCUT2D eigenvalue weighted by atomic mass is 9.95. The van der Waals surface area contributed by atoms with E-state index >= 15 is 0 Å². The predicted molar refractivity (Wildman–Crippen MR) is 69.1 cm³/mol. The molecular weight excluding hydrogens is 268 g/mol. The molecule has 1 unspecified atom stereocenters. The highest BCUT2D eigenvalue weighted by atomic mass is 79.9. The number of hydrogen-bond acceptors (Lipinski definition) is 2. The smallest absolute Gasteiger partial charge is 0.166 e. The maximum atomic E-state index is 12.1. The van der Waals surface area contributed by atoms with Crippen LogP contribution < -0.4 is 4.74 Å². The number of hydrogen-bond donors (Lipinski definition) is 0. The SMILES string of the molecule is CCCC(C)C(=O)c1cc(OC)ccc1Br. The van der Waals surface area contributed by atoms with Gasteiger partial charge in [0.25, 0.3) is 0 Å². The van der Waals surface area contributed by atoms with Gasteiger partial charge in [0.1, 0.15) is 5.75 Å². The van der Waals surface area contributed by atoms with E-state index < -0.39 is 0 Å². The van der Waals surface area contributed by atoms with Crippen LogP contribution in [0.1, 0.15) is 37.0 Å². The van der Waals surface area contributed by atoms with Crippen molar-refractivity contribution in [3.8, 4) is 5.75 Å². The zero-order chi connectivity index (χ0) is 12.1. The molecule has 0 saturated carbocycles. The van der Waals surface area contributed by atoms with Gasteiger partial charge in [-0.25, -0.2) is 0 Å². The van der Waals surface area contributed by atoms with E-state index in [9.17, 15) is 4.79 Å². The summed E-state index contributed by atoms with van der Waals surface area (Å²) in [6.45, 7) is 4.06. The molecule has 88 valence electrons. The van der Waals surface area contributed by atoms with Crippen molar-refractivity contribution < 1.29 is 9.53 Å². The second kappa shape index (κ2) is 6.04. The van der Waals surface area contributed by atoms with Crippen LogP contribution in [-0.4, -0.2) is 12.9 Å². The number of carbonyl (C=O) groups excluding carboxylic acids is 1. The van der Waals surface area contributed by atoms with Crippen LogP contribution in [0.2, 0.25) is 0 Å². The number of methoxy groups -OCH3 is 1. The van der Waals surface area contributed by atoms with Crippen LogP contribution in [0.3, 0.4) is 0 Å². The molecule has 0 aliphatic carbocycles. The van der Waals surface area contributed by atoms with Crippen molar-refractivity contribution >= 4 is 21.7 Å². The highest BCUT2D eigenvalue weighted by Crippen LogP contribution is 2.26. The van der Waals surface area contributed by atoms with E-state index in [1.807, 2.05) is 19.1 Å². The first kappa shape index (κ1) is 13.2. The zero-order valence-electron chi connectivity index (χ0n) is 9.92. The number of Topliss-reactive ketones (excluding diaryl/α,β-unsaturated/α-hetero) is 1. The molecule has 3 heteroatoms. The first-order valence-corrected chi connectivity index (χ1v) is 6.27. The summed E-state index contributed by atoms with van der Waals surface area (Å²) in [5, 5.41) is 0. The zero-order valence-corrected chi connectivity index (χ0v) is 11.5. The molecule has 1 aromatic carbocycles. The lowest BCUT2D eigenvalue weighted by molar-refractivity contribution is 0.0922. The molecule has 1 aromatic rings. The molecule has 1 atom stereocenters. The first-order chi connectivity index (χ1) is 7.60. The van der Waals surface area contributed by atoms with Crippen LogP contribution in [-0.2, 0) is 0 Å². The summed E-state index contributed by atoms with van der Waals surface area (Å²) in [4.78, 5) is 12.1. The number of ether oxygens (including phenoxy) is 1. The van der Waals surface area contributed by atoms with E-state index in [1.165, 1.54) is 0 Å². The van der Waals surface area contributed by atoms with E-state index in [2.05, 4.69) is 22.9 Å². The number of benzene rings is 1. The molecular formula is C13H17BrO2.